The molecule has 18 heavy (non-hydrogen) atoms. The number of hydrogen-bond acceptors (Lipinski definition) is 3. The topological polar surface area (TPSA) is 54.0 Å². The van der Waals surface area contributed by atoms with Crippen molar-refractivity contribution in [2.45, 2.75) is 12.8 Å². The molecule has 2 N–H and O–H groups in total. The van der Waals surface area contributed by atoms with Crippen LogP contribution in [-0.2, 0) is 0 Å². The SMILES string of the molecule is Cl.O=C(NCCC1CCNC1)c1ncccc1Br. The number of aromatic nitrogens is 1. The lowest BCUT2D eigenvalue weighted by molar-refractivity contribution is 0.0946. The first-order chi connectivity index (χ1) is 8.27. The van der Waals surface area contributed by atoms with Crippen LogP contribution in [0.5, 0.6) is 0 Å². The standard InChI is InChI=1S/C12H16BrN3O.ClH/c13-10-2-1-5-15-11(10)12(17)16-7-4-9-3-6-14-8-9;/h1-2,5,9,14H,3-4,6-8H2,(H,16,17);1H. The highest BCUT2D eigenvalue weighted by Crippen LogP contribution is 2.14. The summed E-state index contributed by atoms with van der Waals surface area (Å²) in [5.41, 5.74) is 0.456. The van der Waals surface area contributed by atoms with Gasteiger partial charge in [0.25, 0.3) is 5.91 Å². The van der Waals surface area contributed by atoms with Crippen molar-refractivity contribution < 1.29 is 4.79 Å². The lowest BCUT2D eigenvalue weighted by Crippen LogP contribution is -2.27. The number of pyridine rings is 1. The molecule has 1 aliphatic heterocycles. The van der Waals surface area contributed by atoms with Crippen LogP contribution in [0.2, 0.25) is 0 Å². The highest BCUT2D eigenvalue weighted by atomic mass is 79.9. The molecule has 4 nitrogen and oxygen atoms in total. The van der Waals surface area contributed by atoms with E-state index in [1.807, 2.05) is 6.07 Å². The monoisotopic (exact) mass is 333 g/mol. The Morgan fingerprint density at radius 1 is 1.61 bits per heavy atom. The molecular weight excluding hydrogens is 318 g/mol. The van der Waals surface area contributed by atoms with E-state index in [4.69, 9.17) is 0 Å². The molecule has 2 heterocycles. The maximum absolute atomic E-state index is 11.8. The van der Waals surface area contributed by atoms with Crippen LogP contribution >= 0.6 is 28.3 Å². The van der Waals surface area contributed by atoms with Gasteiger partial charge < -0.3 is 10.6 Å². The summed E-state index contributed by atoms with van der Waals surface area (Å²) >= 11 is 3.32. The van der Waals surface area contributed by atoms with E-state index >= 15 is 0 Å². The molecule has 1 aromatic heterocycles. The molecule has 0 radical (unpaired) electrons. The van der Waals surface area contributed by atoms with Crippen molar-refractivity contribution in [3.63, 3.8) is 0 Å². The van der Waals surface area contributed by atoms with E-state index in [1.54, 1.807) is 12.3 Å². The fourth-order valence-electron chi connectivity index (χ4n) is 1.99. The molecule has 1 aromatic rings. The Morgan fingerprint density at radius 3 is 3.11 bits per heavy atom. The number of nitrogens with zero attached hydrogens (tertiary/aromatic N) is 1. The summed E-state index contributed by atoms with van der Waals surface area (Å²) in [6.45, 7) is 2.89. The first kappa shape index (κ1) is 15.4. The quantitative estimate of drug-likeness (QED) is 0.885. The average Bonchev–Trinajstić information content (AvgIpc) is 2.82. The maximum Gasteiger partial charge on any atom is 0.271 e. The molecular formula is C12H17BrClN3O. The van der Waals surface area contributed by atoms with Gasteiger partial charge in [0.2, 0.25) is 0 Å². The third-order valence-electron chi connectivity index (χ3n) is 2.97. The molecule has 1 atom stereocenters. The Morgan fingerprint density at radius 2 is 2.44 bits per heavy atom. The largest absolute Gasteiger partial charge is 0.351 e. The third-order valence-corrected chi connectivity index (χ3v) is 3.61. The molecule has 1 unspecified atom stereocenters. The van der Waals surface area contributed by atoms with Gasteiger partial charge in [0.1, 0.15) is 5.69 Å². The molecule has 1 saturated heterocycles. The molecule has 1 amide bonds. The summed E-state index contributed by atoms with van der Waals surface area (Å²) in [6, 6.07) is 3.62. The maximum atomic E-state index is 11.8. The van der Waals surface area contributed by atoms with E-state index < -0.39 is 0 Å². The molecule has 0 spiro atoms. The predicted octanol–water partition coefficient (Wildman–Crippen LogP) is 2.00. The summed E-state index contributed by atoms with van der Waals surface area (Å²) < 4.78 is 0.736. The van der Waals surface area contributed by atoms with Gasteiger partial charge in [0, 0.05) is 17.2 Å². The van der Waals surface area contributed by atoms with E-state index in [1.165, 1.54) is 6.42 Å². The average molecular weight is 335 g/mol. The van der Waals surface area contributed by atoms with Crippen molar-refractivity contribution in [1.82, 2.24) is 15.6 Å². The molecule has 0 bridgehead atoms. The number of rotatable bonds is 4. The zero-order valence-electron chi connectivity index (χ0n) is 9.99. The normalized spacial score (nSPS) is 18.2. The van der Waals surface area contributed by atoms with Gasteiger partial charge >= 0.3 is 0 Å². The van der Waals surface area contributed by atoms with Crippen molar-refractivity contribution in [2.75, 3.05) is 19.6 Å². The van der Waals surface area contributed by atoms with Gasteiger partial charge in [-0.05, 0) is 59.9 Å². The highest BCUT2D eigenvalue weighted by molar-refractivity contribution is 9.10. The smallest absolute Gasteiger partial charge is 0.271 e. The van der Waals surface area contributed by atoms with Crippen LogP contribution in [0.15, 0.2) is 22.8 Å². The van der Waals surface area contributed by atoms with Crippen LogP contribution in [-0.4, -0.2) is 30.5 Å². The fraction of sp³-hybridized carbons (Fsp3) is 0.500. The second-order valence-corrected chi connectivity index (χ2v) is 5.09. The number of halogens is 2. The Kier molecular flexibility index (Phi) is 6.60. The van der Waals surface area contributed by atoms with Gasteiger partial charge in [-0.1, -0.05) is 0 Å². The Bertz CT molecular complexity index is 397. The molecule has 6 heteroatoms. The summed E-state index contributed by atoms with van der Waals surface area (Å²) in [6.07, 6.45) is 3.87. The van der Waals surface area contributed by atoms with Crippen molar-refractivity contribution in [1.29, 1.82) is 0 Å². The van der Waals surface area contributed by atoms with E-state index in [0.29, 0.717) is 18.2 Å². The third kappa shape index (κ3) is 4.23. The lowest BCUT2D eigenvalue weighted by Gasteiger charge is -2.09. The molecule has 2 rings (SSSR count). The Labute approximate surface area is 121 Å². The lowest BCUT2D eigenvalue weighted by atomic mass is 10.1. The van der Waals surface area contributed by atoms with Gasteiger partial charge in [0.15, 0.2) is 0 Å². The van der Waals surface area contributed by atoms with Crippen molar-refractivity contribution in [3.8, 4) is 0 Å². The summed E-state index contributed by atoms with van der Waals surface area (Å²) in [7, 11) is 0. The number of carbonyl (C=O) groups is 1. The zero-order chi connectivity index (χ0) is 12.1. The Balaban J connectivity index is 0.00000162. The fourth-order valence-corrected chi connectivity index (χ4v) is 2.42. The minimum absolute atomic E-state index is 0. The van der Waals surface area contributed by atoms with Crippen LogP contribution < -0.4 is 10.6 Å². The van der Waals surface area contributed by atoms with E-state index in [0.717, 1.165) is 24.0 Å². The summed E-state index contributed by atoms with van der Waals surface area (Å²) in [4.78, 5) is 15.9. The molecule has 1 aliphatic rings. The van der Waals surface area contributed by atoms with Crippen molar-refractivity contribution >= 4 is 34.2 Å². The second-order valence-electron chi connectivity index (χ2n) is 4.24. The van der Waals surface area contributed by atoms with Crippen LogP contribution in [0.25, 0.3) is 0 Å². The second kappa shape index (κ2) is 7.71. The Hall–Kier alpha value is -0.650. The predicted molar refractivity (Wildman–Crippen MR) is 77.1 cm³/mol. The number of hydrogen-bond donors (Lipinski definition) is 2. The van der Waals surface area contributed by atoms with Crippen molar-refractivity contribution in [2.24, 2.45) is 5.92 Å². The van der Waals surface area contributed by atoms with Crippen LogP contribution in [0.3, 0.4) is 0 Å². The van der Waals surface area contributed by atoms with Crippen molar-refractivity contribution in [3.05, 3.63) is 28.5 Å². The van der Waals surface area contributed by atoms with E-state index in [2.05, 4.69) is 31.5 Å². The summed E-state index contributed by atoms with van der Waals surface area (Å²) in [5.74, 6) is 0.589. The minimum Gasteiger partial charge on any atom is -0.351 e. The van der Waals surface area contributed by atoms with E-state index in [-0.39, 0.29) is 18.3 Å². The number of carbonyl (C=O) groups excluding carboxylic acids is 1. The first-order valence-corrected chi connectivity index (χ1v) is 6.66. The van der Waals surface area contributed by atoms with Crippen LogP contribution in [0, 0.1) is 5.92 Å². The van der Waals surface area contributed by atoms with Gasteiger partial charge in [0.05, 0.1) is 0 Å². The number of nitrogens with one attached hydrogen (secondary N) is 2. The summed E-state index contributed by atoms with van der Waals surface area (Å²) in [5, 5.41) is 6.23. The van der Waals surface area contributed by atoms with Gasteiger partial charge in [-0.3, -0.25) is 4.79 Å². The number of amides is 1. The van der Waals surface area contributed by atoms with Gasteiger partial charge in [-0.2, -0.15) is 0 Å². The van der Waals surface area contributed by atoms with E-state index in [9.17, 15) is 4.79 Å². The van der Waals surface area contributed by atoms with Gasteiger partial charge in [-0.25, -0.2) is 4.98 Å². The highest BCUT2D eigenvalue weighted by Gasteiger charge is 2.15. The molecule has 100 valence electrons. The molecule has 0 aromatic carbocycles. The van der Waals surface area contributed by atoms with Crippen LogP contribution in [0.4, 0.5) is 0 Å². The molecule has 0 saturated carbocycles. The molecule has 0 aliphatic carbocycles. The molecule has 1 fully saturated rings. The first-order valence-electron chi connectivity index (χ1n) is 5.87. The van der Waals surface area contributed by atoms with Crippen LogP contribution in [0.1, 0.15) is 23.3 Å². The minimum atomic E-state index is -0.108. The zero-order valence-corrected chi connectivity index (χ0v) is 12.4. The van der Waals surface area contributed by atoms with Gasteiger partial charge in [-0.15, -0.1) is 12.4 Å².